The van der Waals surface area contributed by atoms with Crippen LogP contribution in [0.5, 0.6) is 0 Å². The van der Waals surface area contributed by atoms with Crippen LogP contribution in [0.4, 0.5) is 0 Å². The fraction of sp³-hybridized carbons (Fsp3) is 0.263. The Hall–Kier alpha value is -2.23. The average molecular weight is 463 g/mol. The maximum absolute atomic E-state index is 13.3. The summed E-state index contributed by atoms with van der Waals surface area (Å²) < 4.78 is 28.6. The predicted molar refractivity (Wildman–Crippen MR) is 109 cm³/mol. The zero-order valence-corrected chi connectivity index (χ0v) is 17.6. The summed E-state index contributed by atoms with van der Waals surface area (Å²) in [5.41, 5.74) is 1.26. The topological polar surface area (TPSA) is 86.4 Å². The van der Waals surface area contributed by atoms with E-state index in [4.69, 9.17) is 0 Å². The summed E-state index contributed by atoms with van der Waals surface area (Å²) in [6, 6.07) is 10.4. The Morgan fingerprint density at radius 3 is 2.68 bits per heavy atom. The number of aromatic amines is 1. The Kier molecular flexibility index (Phi) is 4.98. The van der Waals surface area contributed by atoms with Crippen molar-refractivity contribution in [3.05, 3.63) is 59.0 Å². The van der Waals surface area contributed by atoms with Gasteiger partial charge in [0.25, 0.3) is 5.91 Å². The minimum Gasteiger partial charge on any atom is -0.358 e. The molecule has 28 heavy (non-hydrogen) atoms. The Bertz CT molecular complexity index is 1130. The number of carbonyl (C=O) groups is 1. The van der Waals surface area contributed by atoms with Gasteiger partial charge in [0.1, 0.15) is 9.50 Å². The van der Waals surface area contributed by atoms with E-state index in [9.17, 15) is 13.2 Å². The number of nitrogens with zero attached hydrogens (tertiary/aromatic N) is 3. The number of H-pyrrole nitrogens is 1. The van der Waals surface area contributed by atoms with Crippen LogP contribution >= 0.6 is 15.9 Å². The maximum Gasteiger partial charge on any atom is 0.253 e. The van der Waals surface area contributed by atoms with Gasteiger partial charge >= 0.3 is 0 Å². The summed E-state index contributed by atoms with van der Waals surface area (Å²) >= 11 is 3.34. The molecule has 0 bridgehead atoms. The molecule has 7 nitrogen and oxygen atoms in total. The molecule has 1 amide bonds. The highest BCUT2D eigenvalue weighted by atomic mass is 79.9. The van der Waals surface area contributed by atoms with Crippen LogP contribution in [0.3, 0.4) is 0 Å². The number of carbonyl (C=O) groups excluding carboxylic acids is 1. The zero-order chi connectivity index (χ0) is 19.9. The van der Waals surface area contributed by atoms with Gasteiger partial charge in [0.2, 0.25) is 10.0 Å². The van der Waals surface area contributed by atoms with Crippen molar-refractivity contribution in [2.75, 3.05) is 19.6 Å². The molecule has 2 aromatic heterocycles. The maximum atomic E-state index is 13.3. The molecular weight excluding hydrogens is 444 g/mol. The minimum absolute atomic E-state index is 0.0772. The smallest absolute Gasteiger partial charge is 0.253 e. The molecule has 0 aliphatic carbocycles. The Labute approximate surface area is 171 Å². The Balaban J connectivity index is 1.59. The van der Waals surface area contributed by atoms with Gasteiger partial charge in [0.05, 0.1) is 5.52 Å². The van der Waals surface area contributed by atoms with Crippen LogP contribution in [0.15, 0.2) is 58.3 Å². The number of rotatable bonds is 3. The summed E-state index contributed by atoms with van der Waals surface area (Å²) in [6.45, 7) is 2.78. The monoisotopic (exact) mass is 462 g/mol. The molecule has 3 aromatic rings. The fourth-order valence-corrected chi connectivity index (χ4v) is 5.80. The minimum atomic E-state index is -3.71. The molecule has 1 aliphatic heterocycles. The molecule has 9 heteroatoms. The summed E-state index contributed by atoms with van der Waals surface area (Å²) in [6.07, 6.45) is 3.07. The van der Waals surface area contributed by atoms with Crippen molar-refractivity contribution >= 4 is 42.8 Å². The highest BCUT2D eigenvalue weighted by molar-refractivity contribution is 9.10. The van der Waals surface area contributed by atoms with Crippen molar-refractivity contribution < 1.29 is 13.2 Å². The number of halogens is 1. The van der Waals surface area contributed by atoms with Crippen LogP contribution in [-0.4, -0.2) is 59.2 Å². The summed E-state index contributed by atoms with van der Waals surface area (Å²) in [7, 11) is -3.71. The number of amides is 1. The Morgan fingerprint density at radius 2 is 1.96 bits per heavy atom. The number of aromatic nitrogens is 2. The first-order valence-corrected chi connectivity index (χ1v) is 11.1. The molecular formula is C19H19BrN4O3S. The zero-order valence-electron chi connectivity index (χ0n) is 15.2. The van der Waals surface area contributed by atoms with Gasteiger partial charge in [-0.2, -0.15) is 4.31 Å². The highest BCUT2D eigenvalue weighted by Gasteiger charge is 2.36. The molecule has 146 valence electrons. The van der Waals surface area contributed by atoms with Gasteiger partial charge in [-0.25, -0.2) is 13.4 Å². The van der Waals surface area contributed by atoms with Crippen molar-refractivity contribution in [1.29, 1.82) is 0 Å². The van der Waals surface area contributed by atoms with E-state index in [1.807, 2.05) is 25.1 Å². The largest absolute Gasteiger partial charge is 0.358 e. The molecule has 0 saturated carbocycles. The lowest BCUT2D eigenvalue weighted by molar-refractivity contribution is 0.0642. The van der Waals surface area contributed by atoms with Crippen LogP contribution in [0.1, 0.15) is 17.3 Å². The van der Waals surface area contributed by atoms with Crippen molar-refractivity contribution in [2.45, 2.75) is 17.9 Å². The summed E-state index contributed by atoms with van der Waals surface area (Å²) in [5, 5.41) is 0.594. The van der Waals surface area contributed by atoms with Gasteiger partial charge in [-0.3, -0.25) is 4.79 Å². The molecule has 1 saturated heterocycles. The van der Waals surface area contributed by atoms with Gasteiger partial charge < -0.3 is 9.88 Å². The molecule has 1 aromatic carbocycles. The van der Waals surface area contributed by atoms with Crippen LogP contribution < -0.4 is 0 Å². The van der Waals surface area contributed by atoms with Gasteiger partial charge in [-0.05, 0) is 41.1 Å². The van der Waals surface area contributed by atoms with E-state index in [2.05, 4.69) is 25.9 Å². The Morgan fingerprint density at radius 1 is 1.21 bits per heavy atom. The molecule has 0 radical (unpaired) electrons. The van der Waals surface area contributed by atoms with E-state index >= 15 is 0 Å². The first-order valence-electron chi connectivity index (χ1n) is 8.87. The van der Waals surface area contributed by atoms with E-state index in [0.717, 1.165) is 0 Å². The number of nitrogens with one attached hydrogen (secondary N) is 1. The number of hydrogen-bond donors (Lipinski definition) is 1. The second-order valence-electron chi connectivity index (χ2n) is 6.76. The van der Waals surface area contributed by atoms with Crippen LogP contribution in [0.25, 0.3) is 10.9 Å². The number of hydrogen-bond acceptors (Lipinski definition) is 4. The first kappa shape index (κ1) is 19.1. The third kappa shape index (κ3) is 3.23. The lowest BCUT2D eigenvalue weighted by atomic mass is 10.1. The molecule has 1 unspecified atom stereocenters. The van der Waals surface area contributed by atoms with Crippen LogP contribution in [0.2, 0.25) is 0 Å². The number of sulfonamides is 1. The van der Waals surface area contributed by atoms with Crippen molar-refractivity contribution in [1.82, 2.24) is 19.2 Å². The average Bonchev–Trinajstić information content (AvgIpc) is 3.14. The molecule has 1 aliphatic rings. The standard InChI is InChI=1S/C19H19BrN4O3S/c1-13-12-23(19(25)14-5-3-2-4-6-14)9-10-24(13)28(26,27)16-11-22-17-15(16)7-8-21-18(17)20/h2-8,11,13,22H,9-10,12H2,1H3. The van der Waals surface area contributed by atoms with Crippen molar-refractivity contribution in [2.24, 2.45) is 0 Å². The van der Waals surface area contributed by atoms with Gasteiger partial charge in [-0.15, -0.1) is 0 Å². The lowest BCUT2D eigenvalue weighted by Gasteiger charge is -2.38. The molecule has 1 atom stereocenters. The number of benzene rings is 1. The third-order valence-electron chi connectivity index (χ3n) is 4.98. The van der Waals surface area contributed by atoms with Crippen molar-refractivity contribution in [3.63, 3.8) is 0 Å². The van der Waals surface area contributed by atoms with Crippen molar-refractivity contribution in [3.8, 4) is 0 Å². The number of fused-ring (bicyclic) bond motifs is 1. The van der Waals surface area contributed by atoms with Crippen LogP contribution in [0, 0.1) is 0 Å². The summed E-state index contributed by atoms with van der Waals surface area (Å²) in [4.78, 5) is 21.7. The molecule has 4 rings (SSSR count). The van der Waals surface area contributed by atoms with Crippen LogP contribution in [-0.2, 0) is 10.0 Å². The highest BCUT2D eigenvalue weighted by Crippen LogP contribution is 2.30. The lowest BCUT2D eigenvalue weighted by Crippen LogP contribution is -2.55. The van der Waals surface area contributed by atoms with Gasteiger partial charge in [0.15, 0.2) is 0 Å². The fourth-order valence-electron chi connectivity index (χ4n) is 3.58. The second-order valence-corrected chi connectivity index (χ2v) is 9.37. The number of pyridine rings is 1. The molecule has 1 N–H and O–H groups in total. The third-order valence-corrected chi connectivity index (χ3v) is 7.63. The molecule has 3 heterocycles. The SMILES string of the molecule is CC1CN(C(=O)c2ccccc2)CCN1S(=O)(=O)c1c[nH]c2c(Br)nccc12. The van der Waals surface area contributed by atoms with E-state index in [0.29, 0.717) is 34.2 Å². The molecule has 1 fully saturated rings. The normalized spacial score (nSPS) is 18.5. The molecule has 0 spiro atoms. The number of piperazine rings is 1. The van der Waals surface area contributed by atoms with Gasteiger partial charge in [0, 0.05) is 49.0 Å². The predicted octanol–water partition coefficient (Wildman–Crippen LogP) is 2.86. The quantitative estimate of drug-likeness (QED) is 0.606. The summed E-state index contributed by atoms with van der Waals surface area (Å²) in [5.74, 6) is -0.0772. The van der Waals surface area contributed by atoms with E-state index < -0.39 is 10.0 Å². The van der Waals surface area contributed by atoms with Gasteiger partial charge in [-0.1, -0.05) is 18.2 Å². The van der Waals surface area contributed by atoms with E-state index in [1.165, 1.54) is 10.5 Å². The van der Waals surface area contributed by atoms with E-state index in [1.54, 1.807) is 29.3 Å². The second kappa shape index (κ2) is 7.31. The van der Waals surface area contributed by atoms with E-state index in [-0.39, 0.29) is 23.4 Å². The first-order chi connectivity index (χ1) is 13.4.